The lowest BCUT2D eigenvalue weighted by Crippen LogP contribution is -2.23. The van der Waals surface area contributed by atoms with Crippen molar-refractivity contribution in [3.8, 4) is 0 Å². The molecule has 0 spiro atoms. The molecule has 0 fully saturated rings. The van der Waals surface area contributed by atoms with Gasteiger partial charge in [-0.1, -0.05) is 27.2 Å². The summed E-state index contributed by atoms with van der Waals surface area (Å²) in [5.74, 6) is 1.00. The van der Waals surface area contributed by atoms with Crippen molar-refractivity contribution < 1.29 is 4.39 Å². The zero-order valence-electron chi connectivity index (χ0n) is 11.9. The number of aryl methyl sites for hydroxylation is 1. The van der Waals surface area contributed by atoms with E-state index in [9.17, 15) is 4.39 Å². The Morgan fingerprint density at radius 2 is 2.11 bits per heavy atom. The van der Waals surface area contributed by atoms with E-state index >= 15 is 0 Å². The molecule has 2 N–H and O–H groups in total. The Morgan fingerprint density at radius 1 is 1.37 bits per heavy atom. The second kappa shape index (κ2) is 5.70. The van der Waals surface area contributed by atoms with Crippen molar-refractivity contribution in [2.45, 2.75) is 46.2 Å². The Balaban J connectivity index is 2.56. The Bertz CT molecular complexity index is 562. The molecule has 2 atom stereocenters. The lowest BCUT2D eigenvalue weighted by Gasteiger charge is -2.19. The van der Waals surface area contributed by atoms with Crippen LogP contribution in [0.25, 0.3) is 11.0 Å². The molecule has 1 heterocycles. The summed E-state index contributed by atoms with van der Waals surface area (Å²) in [6.07, 6.45) is 1.98. The van der Waals surface area contributed by atoms with Crippen LogP contribution in [0.1, 0.15) is 45.5 Å². The summed E-state index contributed by atoms with van der Waals surface area (Å²) in [6, 6.07) is 4.62. The van der Waals surface area contributed by atoms with E-state index in [1.54, 1.807) is 12.1 Å². The van der Waals surface area contributed by atoms with Crippen LogP contribution in [-0.2, 0) is 6.54 Å². The van der Waals surface area contributed by atoms with E-state index < -0.39 is 0 Å². The van der Waals surface area contributed by atoms with E-state index in [1.807, 2.05) is 0 Å². The maximum Gasteiger partial charge on any atom is 0.127 e. The van der Waals surface area contributed by atoms with Gasteiger partial charge in [-0.3, -0.25) is 0 Å². The minimum atomic E-state index is -0.228. The number of nitrogens with two attached hydrogens (primary N) is 1. The number of hydrogen-bond acceptors (Lipinski definition) is 2. The summed E-state index contributed by atoms with van der Waals surface area (Å²) < 4.78 is 15.5. The van der Waals surface area contributed by atoms with E-state index in [1.165, 1.54) is 6.07 Å². The summed E-state index contributed by atoms with van der Waals surface area (Å²) >= 11 is 0. The first kappa shape index (κ1) is 14.0. The third-order valence-corrected chi connectivity index (χ3v) is 3.74. The molecule has 1 aromatic carbocycles. The van der Waals surface area contributed by atoms with Crippen LogP contribution in [0.3, 0.4) is 0 Å². The van der Waals surface area contributed by atoms with Gasteiger partial charge >= 0.3 is 0 Å². The lowest BCUT2D eigenvalue weighted by molar-refractivity contribution is 0.424. The molecule has 2 aromatic rings. The molecule has 0 saturated carbocycles. The van der Waals surface area contributed by atoms with Crippen LogP contribution in [0.4, 0.5) is 4.39 Å². The number of rotatable bonds is 5. The fourth-order valence-corrected chi connectivity index (χ4v) is 2.34. The molecule has 0 radical (unpaired) electrons. The first-order chi connectivity index (χ1) is 9.08. The highest BCUT2D eigenvalue weighted by molar-refractivity contribution is 5.76. The van der Waals surface area contributed by atoms with Gasteiger partial charge in [-0.05, 0) is 30.5 Å². The predicted molar refractivity (Wildman–Crippen MR) is 76.4 cm³/mol. The highest BCUT2D eigenvalue weighted by Gasteiger charge is 2.21. The average molecular weight is 263 g/mol. The Hall–Kier alpha value is -1.42. The van der Waals surface area contributed by atoms with Crippen molar-refractivity contribution in [2.24, 2.45) is 11.7 Å². The Morgan fingerprint density at radius 3 is 2.74 bits per heavy atom. The molecule has 0 bridgehead atoms. The van der Waals surface area contributed by atoms with Gasteiger partial charge < -0.3 is 10.3 Å². The number of hydrogen-bond donors (Lipinski definition) is 1. The van der Waals surface area contributed by atoms with E-state index in [0.29, 0.717) is 5.92 Å². The predicted octanol–water partition coefficient (Wildman–Crippen LogP) is 3.63. The molecule has 2 rings (SSSR count). The highest BCUT2D eigenvalue weighted by Crippen LogP contribution is 2.26. The van der Waals surface area contributed by atoms with Crippen LogP contribution < -0.4 is 5.73 Å². The van der Waals surface area contributed by atoms with Gasteiger partial charge in [0.1, 0.15) is 11.6 Å². The third kappa shape index (κ3) is 2.63. The summed E-state index contributed by atoms with van der Waals surface area (Å²) in [4.78, 5) is 4.61. The Kier molecular flexibility index (Phi) is 4.20. The van der Waals surface area contributed by atoms with Gasteiger partial charge in [-0.25, -0.2) is 9.37 Å². The molecule has 0 aliphatic heterocycles. The van der Waals surface area contributed by atoms with Crippen molar-refractivity contribution >= 4 is 11.0 Å². The first-order valence-corrected chi connectivity index (χ1v) is 6.99. The Labute approximate surface area is 113 Å². The number of benzene rings is 1. The van der Waals surface area contributed by atoms with Gasteiger partial charge in [0.25, 0.3) is 0 Å². The average Bonchev–Trinajstić information content (AvgIpc) is 2.76. The first-order valence-electron chi connectivity index (χ1n) is 6.99. The monoisotopic (exact) mass is 263 g/mol. The normalized spacial score (nSPS) is 14.8. The fourth-order valence-electron chi connectivity index (χ4n) is 2.34. The molecule has 0 aliphatic rings. The third-order valence-electron chi connectivity index (χ3n) is 3.74. The summed E-state index contributed by atoms with van der Waals surface area (Å²) in [5.41, 5.74) is 7.97. The fraction of sp³-hybridized carbons (Fsp3) is 0.533. The van der Waals surface area contributed by atoms with Crippen molar-refractivity contribution in [2.75, 3.05) is 0 Å². The molecular weight excluding hydrogens is 241 g/mol. The van der Waals surface area contributed by atoms with Gasteiger partial charge in [0.15, 0.2) is 0 Å². The molecule has 19 heavy (non-hydrogen) atoms. The van der Waals surface area contributed by atoms with Crippen LogP contribution in [0.15, 0.2) is 18.2 Å². The minimum Gasteiger partial charge on any atom is -0.327 e. The van der Waals surface area contributed by atoms with Crippen LogP contribution >= 0.6 is 0 Å². The summed E-state index contributed by atoms with van der Waals surface area (Å²) in [6.45, 7) is 7.17. The van der Waals surface area contributed by atoms with Gasteiger partial charge in [0.2, 0.25) is 0 Å². The molecule has 2 unspecified atom stereocenters. The number of imidazole rings is 1. The van der Waals surface area contributed by atoms with Gasteiger partial charge in [-0.15, -0.1) is 0 Å². The van der Waals surface area contributed by atoms with Gasteiger partial charge in [0, 0.05) is 6.54 Å². The summed E-state index contributed by atoms with van der Waals surface area (Å²) in [5, 5.41) is 0. The van der Waals surface area contributed by atoms with E-state index in [2.05, 4.69) is 30.3 Å². The van der Waals surface area contributed by atoms with Crippen molar-refractivity contribution in [1.29, 1.82) is 0 Å². The van der Waals surface area contributed by atoms with Crippen molar-refractivity contribution in [3.05, 3.63) is 29.8 Å². The highest BCUT2D eigenvalue weighted by atomic mass is 19.1. The quantitative estimate of drug-likeness (QED) is 0.895. The molecule has 0 amide bonds. The number of nitrogens with zero attached hydrogens (tertiary/aromatic N) is 2. The second-order valence-electron chi connectivity index (χ2n) is 5.17. The maximum atomic E-state index is 13.4. The molecule has 3 nitrogen and oxygen atoms in total. The smallest absolute Gasteiger partial charge is 0.127 e. The van der Waals surface area contributed by atoms with Crippen LogP contribution in [0.2, 0.25) is 0 Å². The molecule has 4 heteroatoms. The van der Waals surface area contributed by atoms with Crippen LogP contribution in [0.5, 0.6) is 0 Å². The molecule has 0 aliphatic carbocycles. The zero-order chi connectivity index (χ0) is 14.0. The van der Waals surface area contributed by atoms with Gasteiger partial charge in [0.05, 0.1) is 17.1 Å². The topological polar surface area (TPSA) is 43.8 Å². The van der Waals surface area contributed by atoms with E-state index in [0.717, 1.165) is 36.2 Å². The molecule has 1 aromatic heterocycles. The summed E-state index contributed by atoms with van der Waals surface area (Å²) in [7, 11) is 0. The van der Waals surface area contributed by atoms with Gasteiger partial charge in [-0.2, -0.15) is 0 Å². The standard InChI is InChI=1S/C15H22FN3/c1-4-8-19-13-9-11(16)6-7-12(13)18-15(19)14(17)10(3)5-2/h6-7,9-10,14H,4-5,8,17H2,1-3H3. The number of aromatic nitrogens is 2. The lowest BCUT2D eigenvalue weighted by atomic mass is 9.99. The van der Waals surface area contributed by atoms with Crippen LogP contribution in [0, 0.1) is 11.7 Å². The molecule has 104 valence electrons. The zero-order valence-corrected chi connectivity index (χ0v) is 11.9. The van der Waals surface area contributed by atoms with E-state index in [-0.39, 0.29) is 11.9 Å². The van der Waals surface area contributed by atoms with Crippen LogP contribution in [-0.4, -0.2) is 9.55 Å². The van der Waals surface area contributed by atoms with Crippen molar-refractivity contribution in [3.63, 3.8) is 0 Å². The molecule has 0 saturated heterocycles. The molecular formula is C15H22FN3. The van der Waals surface area contributed by atoms with E-state index in [4.69, 9.17) is 5.73 Å². The second-order valence-corrected chi connectivity index (χ2v) is 5.17. The number of fused-ring (bicyclic) bond motifs is 1. The maximum absolute atomic E-state index is 13.4. The largest absolute Gasteiger partial charge is 0.327 e. The number of halogens is 1. The minimum absolute atomic E-state index is 0.105. The van der Waals surface area contributed by atoms with Crippen molar-refractivity contribution in [1.82, 2.24) is 9.55 Å². The SMILES string of the molecule is CCCn1c(C(N)C(C)CC)nc2ccc(F)cc21.